The first-order valence-electron chi connectivity index (χ1n) is 10.1. The molecule has 2 bridgehead atoms. The molecule has 3 aliphatic rings. The fraction of sp³-hybridized carbons (Fsp3) is 0.727. The quantitative estimate of drug-likeness (QED) is 0.787. The summed E-state index contributed by atoms with van der Waals surface area (Å²) in [4.78, 5) is 2.85. The number of piperidine rings is 1. The van der Waals surface area contributed by atoms with Crippen LogP contribution in [0.3, 0.4) is 0 Å². The van der Waals surface area contributed by atoms with E-state index in [1.807, 2.05) is 0 Å². The molecule has 1 heterocycles. The molecule has 0 unspecified atom stereocenters. The van der Waals surface area contributed by atoms with Crippen molar-refractivity contribution in [2.45, 2.75) is 70.3 Å². The number of rotatable bonds is 4. The molecule has 132 valence electrons. The van der Waals surface area contributed by atoms with Crippen LogP contribution in [0.2, 0.25) is 0 Å². The second kappa shape index (κ2) is 6.37. The fourth-order valence-electron chi connectivity index (χ4n) is 5.89. The molecule has 1 aliphatic heterocycles. The van der Waals surface area contributed by atoms with Crippen molar-refractivity contribution in [2.24, 2.45) is 11.8 Å². The van der Waals surface area contributed by atoms with Crippen molar-refractivity contribution in [3.8, 4) is 5.75 Å². The van der Waals surface area contributed by atoms with Gasteiger partial charge in [-0.15, -0.1) is 0 Å². The van der Waals surface area contributed by atoms with Gasteiger partial charge in [0.1, 0.15) is 5.75 Å². The number of fused-ring (bicyclic) bond motifs is 1. The number of ether oxygens (including phenoxy) is 1. The average Bonchev–Trinajstić information content (AvgIpc) is 2.60. The normalized spacial score (nSPS) is 32.3. The lowest BCUT2D eigenvalue weighted by molar-refractivity contribution is -0.0130. The molecular formula is C22H33NO. The van der Waals surface area contributed by atoms with Gasteiger partial charge in [0.15, 0.2) is 0 Å². The van der Waals surface area contributed by atoms with Gasteiger partial charge in [-0.3, -0.25) is 4.90 Å². The molecule has 2 aliphatic carbocycles. The summed E-state index contributed by atoms with van der Waals surface area (Å²) in [5.74, 6) is 2.73. The number of methoxy groups -OCH3 is 1. The zero-order chi connectivity index (χ0) is 16.7. The summed E-state index contributed by atoms with van der Waals surface area (Å²) < 4.78 is 5.57. The van der Waals surface area contributed by atoms with E-state index in [0.717, 1.165) is 23.6 Å². The Morgan fingerprint density at radius 2 is 2.12 bits per heavy atom. The van der Waals surface area contributed by atoms with Crippen LogP contribution in [0.5, 0.6) is 5.75 Å². The number of benzene rings is 1. The fourth-order valence-corrected chi connectivity index (χ4v) is 5.89. The number of nitrogens with zero attached hydrogens (tertiary/aromatic N) is 1. The monoisotopic (exact) mass is 327 g/mol. The molecular weight excluding hydrogens is 294 g/mol. The molecule has 2 heteroatoms. The Labute approximate surface area is 147 Å². The third-order valence-electron chi connectivity index (χ3n) is 7.15. The van der Waals surface area contributed by atoms with Gasteiger partial charge in [0, 0.05) is 11.5 Å². The smallest absolute Gasteiger partial charge is 0.119 e. The van der Waals surface area contributed by atoms with Crippen LogP contribution < -0.4 is 4.74 Å². The highest BCUT2D eigenvalue weighted by atomic mass is 16.5. The lowest BCUT2D eigenvalue weighted by Gasteiger charge is -2.59. The van der Waals surface area contributed by atoms with Crippen molar-refractivity contribution in [1.29, 1.82) is 0 Å². The molecule has 0 aromatic heterocycles. The van der Waals surface area contributed by atoms with E-state index in [9.17, 15) is 0 Å². The van der Waals surface area contributed by atoms with Gasteiger partial charge in [0.05, 0.1) is 7.11 Å². The molecule has 1 saturated carbocycles. The van der Waals surface area contributed by atoms with E-state index in [-0.39, 0.29) is 0 Å². The molecule has 0 spiro atoms. The Bertz CT molecular complexity index is 596. The predicted molar refractivity (Wildman–Crippen MR) is 99.8 cm³/mol. The minimum Gasteiger partial charge on any atom is -0.497 e. The number of hydrogen-bond acceptors (Lipinski definition) is 2. The maximum atomic E-state index is 5.57. The van der Waals surface area contributed by atoms with Gasteiger partial charge in [-0.2, -0.15) is 0 Å². The molecule has 1 aromatic rings. The lowest BCUT2D eigenvalue weighted by atomic mass is 9.52. The highest BCUT2D eigenvalue weighted by Gasteiger charge is 2.53. The first kappa shape index (κ1) is 16.4. The topological polar surface area (TPSA) is 12.5 Å². The largest absolute Gasteiger partial charge is 0.497 e. The van der Waals surface area contributed by atoms with Crippen LogP contribution in [0.1, 0.15) is 63.5 Å². The minimum atomic E-state index is 0.444. The van der Waals surface area contributed by atoms with Crippen LogP contribution in [0.15, 0.2) is 18.2 Å². The van der Waals surface area contributed by atoms with E-state index in [1.54, 1.807) is 18.2 Å². The molecule has 1 saturated heterocycles. The van der Waals surface area contributed by atoms with Crippen LogP contribution in [-0.2, 0) is 11.8 Å². The van der Waals surface area contributed by atoms with Gasteiger partial charge in [-0.25, -0.2) is 0 Å². The van der Waals surface area contributed by atoms with Crippen LogP contribution >= 0.6 is 0 Å². The summed E-state index contributed by atoms with van der Waals surface area (Å²) in [5.41, 5.74) is 3.69. The second-order valence-electron chi connectivity index (χ2n) is 8.77. The minimum absolute atomic E-state index is 0.444. The van der Waals surface area contributed by atoms with Gasteiger partial charge in [0.25, 0.3) is 0 Å². The Hall–Kier alpha value is -1.02. The molecule has 3 atom stereocenters. The zero-order valence-corrected chi connectivity index (χ0v) is 15.7. The first-order chi connectivity index (χ1) is 11.6. The van der Waals surface area contributed by atoms with Crippen LogP contribution in [0.4, 0.5) is 0 Å². The van der Waals surface area contributed by atoms with E-state index in [2.05, 4.69) is 36.9 Å². The maximum Gasteiger partial charge on any atom is 0.119 e. The Morgan fingerprint density at radius 3 is 2.92 bits per heavy atom. The van der Waals surface area contributed by atoms with Crippen molar-refractivity contribution >= 4 is 0 Å². The van der Waals surface area contributed by atoms with Gasteiger partial charge in [-0.05, 0) is 80.3 Å². The van der Waals surface area contributed by atoms with E-state index in [1.165, 1.54) is 58.0 Å². The average molecular weight is 328 g/mol. The van der Waals surface area contributed by atoms with E-state index >= 15 is 0 Å². The zero-order valence-electron chi connectivity index (χ0n) is 15.7. The summed E-state index contributed by atoms with van der Waals surface area (Å²) in [6.07, 6.45) is 9.61. The van der Waals surface area contributed by atoms with E-state index in [4.69, 9.17) is 4.74 Å². The van der Waals surface area contributed by atoms with Crippen LogP contribution in [-0.4, -0.2) is 31.1 Å². The first-order valence-corrected chi connectivity index (χ1v) is 10.1. The summed E-state index contributed by atoms with van der Waals surface area (Å²) >= 11 is 0. The Kier molecular flexibility index (Phi) is 4.36. The Morgan fingerprint density at radius 1 is 1.25 bits per heavy atom. The maximum absolute atomic E-state index is 5.57. The predicted octanol–water partition coefficient (Wildman–Crippen LogP) is 4.80. The molecule has 2 nitrogen and oxygen atoms in total. The third-order valence-corrected chi connectivity index (χ3v) is 7.15. The molecule has 24 heavy (non-hydrogen) atoms. The SMILES string of the molecule is COc1ccc2c(c1)[C@@]13CCCC[C@H]1[C@@H](C2)N(CCC(C)C)CC3. The lowest BCUT2D eigenvalue weighted by Crippen LogP contribution is -2.61. The molecule has 0 radical (unpaired) electrons. The molecule has 0 N–H and O–H groups in total. The van der Waals surface area contributed by atoms with E-state index < -0.39 is 0 Å². The Balaban J connectivity index is 1.70. The van der Waals surface area contributed by atoms with Gasteiger partial charge in [0.2, 0.25) is 0 Å². The summed E-state index contributed by atoms with van der Waals surface area (Å²) in [7, 11) is 1.80. The summed E-state index contributed by atoms with van der Waals surface area (Å²) in [5, 5.41) is 0. The van der Waals surface area contributed by atoms with Crippen molar-refractivity contribution in [1.82, 2.24) is 4.90 Å². The van der Waals surface area contributed by atoms with Gasteiger partial charge >= 0.3 is 0 Å². The highest BCUT2D eigenvalue weighted by Crippen LogP contribution is 2.56. The molecule has 4 rings (SSSR count). The highest BCUT2D eigenvalue weighted by molar-refractivity contribution is 5.45. The standard InChI is InChI=1S/C22H33NO/c1-16(2)9-12-23-13-11-22-10-5-4-6-19(22)21(23)14-17-7-8-18(24-3)15-20(17)22/h7-8,15-16,19,21H,4-6,9-14H2,1-3H3/t19-,21+,22+/m0/s1. The third kappa shape index (κ3) is 2.58. The van der Waals surface area contributed by atoms with Gasteiger partial charge < -0.3 is 4.74 Å². The number of likely N-dealkylation sites (tertiary alicyclic amines) is 1. The van der Waals surface area contributed by atoms with Gasteiger partial charge in [-0.1, -0.05) is 32.8 Å². The van der Waals surface area contributed by atoms with Crippen molar-refractivity contribution in [2.75, 3.05) is 20.2 Å². The van der Waals surface area contributed by atoms with E-state index in [0.29, 0.717) is 5.41 Å². The summed E-state index contributed by atoms with van der Waals surface area (Å²) in [6, 6.07) is 7.69. The second-order valence-corrected chi connectivity index (χ2v) is 8.77. The van der Waals surface area contributed by atoms with Crippen LogP contribution in [0.25, 0.3) is 0 Å². The van der Waals surface area contributed by atoms with Crippen molar-refractivity contribution < 1.29 is 4.74 Å². The van der Waals surface area contributed by atoms with Crippen LogP contribution in [0, 0.1) is 11.8 Å². The van der Waals surface area contributed by atoms with Crippen molar-refractivity contribution in [3.63, 3.8) is 0 Å². The molecule has 2 fully saturated rings. The summed E-state index contributed by atoms with van der Waals surface area (Å²) in [6.45, 7) is 7.31. The molecule has 0 amide bonds. The number of hydrogen-bond donors (Lipinski definition) is 0. The molecule has 1 aromatic carbocycles. The van der Waals surface area contributed by atoms with Crippen molar-refractivity contribution in [3.05, 3.63) is 29.3 Å².